The number of hydrogen-bond acceptors (Lipinski definition) is 5. The largest absolute Gasteiger partial charge is 0.243 e. The molecule has 0 aromatic heterocycles. The topological polar surface area (TPSA) is 48.1 Å². The van der Waals surface area contributed by atoms with Crippen LogP contribution in [-0.2, 0) is 0 Å². The summed E-state index contributed by atoms with van der Waals surface area (Å²) in [5.41, 5.74) is 5.91. The standard InChI is InChI=1S/C4H8BrClN4S/c5-3-1-2(10-11-9-1)4(6)8-7-3/h1-4,7-10H. The van der Waals surface area contributed by atoms with Gasteiger partial charge in [-0.2, -0.15) is 0 Å². The average Bonchev–Trinajstić information content (AvgIpc) is 2.45. The molecule has 11 heavy (non-hydrogen) atoms. The monoisotopic (exact) mass is 258 g/mol. The number of hydrazine groups is 1. The number of fused-ring (bicyclic) bond motifs is 1. The molecular formula is C4H8BrClN4S. The molecule has 2 aliphatic rings. The molecule has 4 nitrogen and oxygen atoms in total. The Balaban J connectivity index is 2.08. The van der Waals surface area contributed by atoms with Crippen LogP contribution in [-0.4, -0.2) is 22.5 Å². The minimum atomic E-state index is -0.0729. The molecule has 2 heterocycles. The second kappa shape index (κ2) is 3.37. The van der Waals surface area contributed by atoms with Gasteiger partial charge in [-0.3, -0.25) is 0 Å². The summed E-state index contributed by atoms with van der Waals surface area (Å²) in [6.07, 6.45) is 0. The van der Waals surface area contributed by atoms with Crippen LogP contribution in [0.1, 0.15) is 0 Å². The van der Waals surface area contributed by atoms with E-state index in [9.17, 15) is 0 Å². The van der Waals surface area contributed by atoms with Gasteiger partial charge in [0, 0.05) is 12.1 Å². The lowest BCUT2D eigenvalue weighted by Crippen LogP contribution is -2.65. The summed E-state index contributed by atoms with van der Waals surface area (Å²) in [5, 5.41) is 0. The summed E-state index contributed by atoms with van der Waals surface area (Å²) in [6.45, 7) is 0. The molecule has 0 aromatic carbocycles. The van der Waals surface area contributed by atoms with Crippen LogP contribution >= 0.6 is 39.7 Å². The van der Waals surface area contributed by atoms with Gasteiger partial charge in [-0.25, -0.2) is 20.3 Å². The smallest absolute Gasteiger partial charge is 0.113 e. The van der Waals surface area contributed by atoms with E-state index in [2.05, 4.69) is 36.2 Å². The van der Waals surface area contributed by atoms with Gasteiger partial charge in [0.15, 0.2) is 0 Å². The molecule has 7 heteroatoms. The van der Waals surface area contributed by atoms with Crippen molar-refractivity contribution in [3.05, 3.63) is 0 Å². The highest BCUT2D eigenvalue weighted by Gasteiger charge is 2.41. The van der Waals surface area contributed by atoms with Crippen molar-refractivity contribution in [3.63, 3.8) is 0 Å². The highest BCUT2D eigenvalue weighted by atomic mass is 79.9. The highest BCUT2D eigenvalue weighted by Crippen LogP contribution is 2.23. The molecule has 4 atom stereocenters. The minimum absolute atomic E-state index is 0.0729. The Kier molecular flexibility index (Phi) is 2.62. The molecular weight excluding hydrogens is 251 g/mol. The van der Waals surface area contributed by atoms with E-state index in [-0.39, 0.29) is 16.5 Å². The maximum absolute atomic E-state index is 5.97. The first-order valence-corrected chi connectivity index (χ1v) is 5.42. The zero-order valence-corrected chi connectivity index (χ0v) is 8.63. The molecule has 2 aliphatic heterocycles. The fourth-order valence-electron chi connectivity index (χ4n) is 1.14. The summed E-state index contributed by atoms with van der Waals surface area (Å²) < 4.78 is 6.39. The van der Waals surface area contributed by atoms with E-state index in [0.29, 0.717) is 6.04 Å². The second-order valence-electron chi connectivity index (χ2n) is 2.48. The summed E-state index contributed by atoms with van der Waals surface area (Å²) in [5.74, 6) is 0. The molecule has 4 N–H and O–H groups in total. The van der Waals surface area contributed by atoms with Crippen molar-refractivity contribution in [1.29, 1.82) is 0 Å². The lowest BCUT2D eigenvalue weighted by molar-refractivity contribution is 0.307. The van der Waals surface area contributed by atoms with Crippen molar-refractivity contribution in [1.82, 2.24) is 20.3 Å². The van der Waals surface area contributed by atoms with Crippen LogP contribution in [0.2, 0.25) is 0 Å². The first-order chi connectivity index (χ1) is 5.29. The van der Waals surface area contributed by atoms with Gasteiger partial charge in [-0.15, -0.1) is 11.6 Å². The van der Waals surface area contributed by atoms with Gasteiger partial charge in [0.05, 0.1) is 17.0 Å². The molecule has 2 fully saturated rings. The Morgan fingerprint density at radius 3 is 2.64 bits per heavy atom. The normalized spacial score (nSPS) is 50.7. The predicted octanol–water partition coefficient (Wildman–Crippen LogP) is -0.127. The second-order valence-corrected chi connectivity index (χ2v) is 4.61. The summed E-state index contributed by atoms with van der Waals surface area (Å²) in [6, 6.07) is 0.580. The molecule has 0 amide bonds. The van der Waals surface area contributed by atoms with Crippen molar-refractivity contribution >= 4 is 39.7 Å². The molecule has 0 spiro atoms. The number of rotatable bonds is 0. The summed E-state index contributed by atoms with van der Waals surface area (Å²) in [7, 11) is 0. The fraction of sp³-hybridized carbons (Fsp3) is 1.00. The molecule has 2 saturated heterocycles. The van der Waals surface area contributed by atoms with E-state index in [1.807, 2.05) is 0 Å². The van der Waals surface area contributed by atoms with Gasteiger partial charge in [0.2, 0.25) is 0 Å². The molecule has 2 rings (SSSR count). The highest BCUT2D eigenvalue weighted by molar-refractivity contribution is 9.09. The van der Waals surface area contributed by atoms with Gasteiger partial charge in [-0.1, -0.05) is 15.9 Å². The first-order valence-electron chi connectivity index (χ1n) is 3.25. The van der Waals surface area contributed by atoms with Crippen molar-refractivity contribution in [3.8, 4) is 0 Å². The number of hydrogen-bond donors (Lipinski definition) is 4. The van der Waals surface area contributed by atoms with E-state index in [1.165, 1.54) is 12.1 Å². The Hall–Kier alpha value is 0.960. The van der Waals surface area contributed by atoms with Crippen molar-refractivity contribution in [2.24, 2.45) is 0 Å². The van der Waals surface area contributed by atoms with Crippen LogP contribution in [0, 0.1) is 0 Å². The van der Waals surface area contributed by atoms with Gasteiger partial charge < -0.3 is 0 Å². The molecule has 64 valence electrons. The predicted molar refractivity (Wildman–Crippen MR) is 50.1 cm³/mol. The van der Waals surface area contributed by atoms with Crippen LogP contribution in [0.5, 0.6) is 0 Å². The van der Waals surface area contributed by atoms with Gasteiger partial charge in [-0.05, 0) is 0 Å². The summed E-state index contributed by atoms with van der Waals surface area (Å²) in [4.78, 5) is 0.213. The SMILES string of the molecule is ClC1NNC(Br)C2NSNC12. The van der Waals surface area contributed by atoms with E-state index in [0.717, 1.165) is 0 Å². The van der Waals surface area contributed by atoms with Crippen LogP contribution in [0.15, 0.2) is 0 Å². The van der Waals surface area contributed by atoms with E-state index < -0.39 is 0 Å². The van der Waals surface area contributed by atoms with Crippen LogP contribution < -0.4 is 20.3 Å². The maximum Gasteiger partial charge on any atom is 0.113 e. The third-order valence-corrected chi connectivity index (χ3v) is 3.73. The van der Waals surface area contributed by atoms with Crippen LogP contribution in [0.25, 0.3) is 0 Å². The molecule has 4 unspecified atom stereocenters. The lowest BCUT2D eigenvalue weighted by atomic mass is 10.1. The molecule has 0 aliphatic carbocycles. The van der Waals surface area contributed by atoms with Gasteiger partial charge in [0.1, 0.15) is 5.50 Å². The number of nitrogens with one attached hydrogen (secondary N) is 4. The fourth-order valence-corrected chi connectivity index (χ4v) is 3.17. The number of alkyl halides is 2. The van der Waals surface area contributed by atoms with Crippen molar-refractivity contribution in [2.45, 2.75) is 22.5 Å². The van der Waals surface area contributed by atoms with Crippen LogP contribution in [0.3, 0.4) is 0 Å². The average molecular weight is 260 g/mol. The molecule has 0 bridgehead atoms. The molecule has 0 aromatic rings. The van der Waals surface area contributed by atoms with E-state index in [1.54, 1.807) is 0 Å². The Labute approximate surface area is 82.6 Å². The third kappa shape index (κ3) is 1.53. The molecule has 0 radical (unpaired) electrons. The van der Waals surface area contributed by atoms with Crippen LogP contribution in [0.4, 0.5) is 0 Å². The first kappa shape index (κ1) is 8.55. The molecule has 0 saturated carbocycles. The van der Waals surface area contributed by atoms with Gasteiger partial charge in [0.25, 0.3) is 0 Å². The zero-order chi connectivity index (χ0) is 7.84. The van der Waals surface area contributed by atoms with Gasteiger partial charge >= 0.3 is 0 Å². The Bertz CT molecular complexity index is 145. The third-order valence-electron chi connectivity index (χ3n) is 1.77. The van der Waals surface area contributed by atoms with E-state index >= 15 is 0 Å². The number of halogens is 2. The Morgan fingerprint density at radius 2 is 1.91 bits per heavy atom. The Morgan fingerprint density at radius 1 is 1.18 bits per heavy atom. The maximum atomic E-state index is 5.97. The summed E-state index contributed by atoms with van der Waals surface area (Å²) >= 11 is 10.9. The quantitative estimate of drug-likeness (QED) is 0.277. The van der Waals surface area contributed by atoms with Crippen molar-refractivity contribution < 1.29 is 0 Å². The van der Waals surface area contributed by atoms with E-state index in [4.69, 9.17) is 11.6 Å². The zero-order valence-electron chi connectivity index (χ0n) is 5.47. The minimum Gasteiger partial charge on any atom is -0.243 e. The van der Waals surface area contributed by atoms with Crippen molar-refractivity contribution in [2.75, 3.05) is 0 Å². The lowest BCUT2D eigenvalue weighted by Gasteiger charge is -2.33.